The van der Waals surface area contributed by atoms with Gasteiger partial charge in [-0.05, 0) is 54.4 Å². The molecule has 0 aliphatic heterocycles. The maximum Gasteiger partial charge on any atom is 0.340 e. The van der Waals surface area contributed by atoms with E-state index in [1.165, 1.54) is 42.4 Å². The molecule has 4 nitrogen and oxygen atoms in total. The van der Waals surface area contributed by atoms with Gasteiger partial charge in [-0.25, -0.2) is 4.79 Å². The summed E-state index contributed by atoms with van der Waals surface area (Å²) in [6.45, 7) is 2.19. The number of methoxy groups -OCH3 is 1. The Hall–Kier alpha value is -2.70. The highest BCUT2D eigenvalue weighted by Crippen LogP contribution is 2.30. The minimum atomic E-state index is -0.379. The molecule has 1 aromatic heterocycles. The van der Waals surface area contributed by atoms with Crippen molar-refractivity contribution >= 4 is 45.3 Å². The van der Waals surface area contributed by atoms with Gasteiger partial charge in [-0.15, -0.1) is 11.3 Å². The van der Waals surface area contributed by atoms with Crippen LogP contribution in [0, 0.1) is 0 Å². The predicted octanol–water partition coefficient (Wildman–Crippen LogP) is 6.28. The first-order valence-electron chi connectivity index (χ1n) is 10.0. The van der Waals surface area contributed by atoms with E-state index < -0.39 is 0 Å². The molecule has 0 unspecified atom stereocenters. The topological polar surface area (TPSA) is 50.4 Å². The molecule has 1 heterocycles. The number of thiocarbonyl (C=S) groups is 1. The Morgan fingerprint density at radius 1 is 1.03 bits per heavy atom. The molecule has 0 aliphatic carbocycles. The van der Waals surface area contributed by atoms with Crippen LogP contribution in [0.3, 0.4) is 0 Å². The Kier molecular flexibility index (Phi) is 7.99. The number of benzene rings is 2. The van der Waals surface area contributed by atoms with E-state index >= 15 is 0 Å². The Morgan fingerprint density at radius 3 is 2.43 bits per heavy atom. The predicted molar refractivity (Wildman–Crippen MR) is 130 cm³/mol. The largest absolute Gasteiger partial charge is 0.465 e. The van der Waals surface area contributed by atoms with Crippen LogP contribution in [0.4, 0.5) is 10.7 Å². The van der Waals surface area contributed by atoms with Crippen molar-refractivity contribution in [2.45, 2.75) is 32.6 Å². The molecule has 0 aliphatic rings. The van der Waals surface area contributed by atoms with E-state index in [-0.39, 0.29) is 5.97 Å². The van der Waals surface area contributed by atoms with Gasteiger partial charge in [-0.1, -0.05) is 55.8 Å². The van der Waals surface area contributed by atoms with Crippen LogP contribution in [0.5, 0.6) is 0 Å². The van der Waals surface area contributed by atoms with Crippen molar-refractivity contribution in [2.24, 2.45) is 0 Å². The number of unbranched alkanes of at least 4 members (excludes halogenated alkanes) is 1. The van der Waals surface area contributed by atoms with Gasteiger partial charge in [0.05, 0.1) is 12.7 Å². The summed E-state index contributed by atoms with van der Waals surface area (Å²) < 4.78 is 4.95. The second-order valence-electron chi connectivity index (χ2n) is 6.99. The van der Waals surface area contributed by atoms with Gasteiger partial charge in [0.2, 0.25) is 0 Å². The summed E-state index contributed by atoms with van der Waals surface area (Å²) in [7, 11) is 1.39. The van der Waals surface area contributed by atoms with E-state index in [9.17, 15) is 4.79 Å². The lowest BCUT2D eigenvalue weighted by Gasteiger charge is -2.11. The SMILES string of the molecule is CCCCc1ccc(NC(=S)Nc2sc(Cc3ccccc3)cc2C(=O)OC)cc1. The number of esters is 1. The van der Waals surface area contributed by atoms with Gasteiger partial charge >= 0.3 is 5.97 Å². The standard InChI is InChI=1S/C24H26N2O2S2/c1-3-4-8-17-11-13-19(14-12-17)25-24(29)26-22-21(23(27)28-2)16-20(30-22)15-18-9-6-5-7-10-18/h5-7,9-14,16H,3-4,8,15H2,1-2H3,(H2,25,26,29). The number of rotatable bonds is 8. The molecular formula is C24H26N2O2S2. The maximum atomic E-state index is 12.2. The van der Waals surface area contributed by atoms with E-state index in [1.807, 2.05) is 36.4 Å². The fourth-order valence-electron chi connectivity index (χ4n) is 3.08. The lowest BCUT2D eigenvalue weighted by atomic mass is 10.1. The van der Waals surface area contributed by atoms with Gasteiger partial charge in [-0.3, -0.25) is 0 Å². The number of aryl methyl sites for hydroxylation is 1. The molecule has 0 radical (unpaired) electrons. The summed E-state index contributed by atoms with van der Waals surface area (Å²) in [6, 6.07) is 20.3. The molecule has 0 atom stereocenters. The fraction of sp³-hybridized carbons (Fsp3) is 0.250. The minimum Gasteiger partial charge on any atom is -0.465 e. The fourth-order valence-corrected chi connectivity index (χ4v) is 4.45. The van der Waals surface area contributed by atoms with Crippen molar-refractivity contribution in [3.63, 3.8) is 0 Å². The molecule has 30 heavy (non-hydrogen) atoms. The van der Waals surface area contributed by atoms with Crippen LogP contribution in [0.2, 0.25) is 0 Å². The minimum absolute atomic E-state index is 0.379. The van der Waals surface area contributed by atoms with Crippen LogP contribution in [-0.2, 0) is 17.6 Å². The zero-order chi connectivity index (χ0) is 21.3. The number of anilines is 2. The second-order valence-corrected chi connectivity index (χ2v) is 8.53. The number of hydrogen-bond acceptors (Lipinski definition) is 4. The van der Waals surface area contributed by atoms with Crippen molar-refractivity contribution in [1.29, 1.82) is 0 Å². The summed E-state index contributed by atoms with van der Waals surface area (Å²) in [6.07, 6.45) is 4.20. The highest BCUT2D eigenvalue weighted by molar-refractivity contribution is 7.80. The Morgan fingerprint density at radius 2 is 1.77 bits per heavy atom. The average molecular weight is 439 g/mol. The summed E-state index contributed by atoms with van der Waals surface area (Å²) in [4.78, 5) is 13.3. The zero-order valence-electron chi connectivity index (χ0n) is 17.2. The molecule has 0 fully saturated rings. The van der Waals surface area contributed by atoms with Crippen molar-refractivity contribution in [3.8, 4) is 0 Å². The lowest BCUT2D eigenvalue weighted by molar-refractivity contribution is 0.0602. The van der Waals surface area contributed by atoms with Crippen molar-refractivity contribution in [1.82, 2.24) is 0 Å². The molecule has 0 saturated carbocycles. The number of carbonyl (C=O) groups is 1. The van der Waals surface area contributed by atoms with Gasteiger partial charge in [0.15, 0.2) is 5.11 Å². The monoisotopic (exact) mass is 438 g/mol. The highest BCUT2D eigenvalue weighted by atomic mass is 32.1. The van der Waals surface area contributed by atoms with Crippen LogP contribution < -0.4 is 10.6 Å². The molecular weight excluding hydrogens is 412 g/mol. The average Bonchev–Trinajstić information content (AvgIpc) is 3.15. The summed E-state index contributed by atoms with van der Waals surface area (Å²) in [5, 5.41) is 7.48. The zero-order valence-corrected chi connectivity index (χ0v) is 18.9. The van der Waals surface area contributed by atoms with Crippen LogP contribution >= 0.6 is 23.6 Å². The van der Waals surface area contributed by atoms with E-state index in [1.54, 1.807) is 0 Å². The summed E-state index contributed by atoms with van der Waals surface area (Å²) >= 11 is 6.98. The normalized spacial score (nSPS) is 10.5. The number of hydrogen-bond donors (Lipinski definition) is 2. The number of carbonyl (C=O) groups excluding carboxylic acids is 1. The smallest absolute Gasteiger partial charge is 0.340 e. The van der Waals surface area contributed by atoms with Crippen molar-refractivity contribution in [2.75, 3.05) is 17.7 Å². The van der Waals surface area contributed by atoms with Crippen LogP contribution in [0.25, 0.3) is 0 Å². The number of nitrogens with one attached hydrogen (secondary N) is 2. The highest BCUT2D eigenvalue weighted by Gasteiger charge is 2.18. The number of ether oxygens (including phenoxy) is 1. The molecule has 156 valence electrons. The van der Waals surface area contributed by atoms with Gasteiger partial charge < -0.3 is 15.4 Å². The quantitative estimate of drug-likeness (QED) is 0.320. The third kappa shape index (κ3) is 6.15. The van der Waals surface area contributed by atoms with Gasteiger partial charge in [0.1, 0.15) is 5.00 Å². The molecule has 0 amide bonds. The first-order chi connectivity index (χ1) is 14.6. The Bertz CT molecular complexity index is 982. The Labute approximate surface area is 187 Å². The van der Waals surface area contributed by atoms with Gasteiger partial charge in [0.25, 0.3) is 0 Å². The molecule has 2 N–H and O–H groups in total. The van der Waals surface area contributed by atoms with Gasteiger partial charge in [0, 0.05) is 17.0 Å². The number of thiophene rings is 1. The Balaban J connectivity index is 1.69. The molecule has 6 heteroatoms. The first-order valence-corrected chi connectivity index (χ1v) is 11.2. The lowest BCUT2D eigenvalue weighted by Crippen LogP contribution is -2.19. The third-order valence-corrected chi connectivity index (χ3v) is 5.92. The molecule has 2 aromatic carbocycles. The van der Waals surface area contributed by atoms with E-state index in [2.05, 4.69) is 41.8 Å². The second kappa shape index (κ2) is 10.9. The van der Waals surface area contributed by atoms with Crippen molar-refractivity contribution in [3.05, 3.63) is 82.2 Å². The molecule has 0 saturated heterocycles. The molecule has 3 rings (SSSR count). The maximum absolute atomic E-state index is 12.2. The van der Waals surface area contributed by atoms with Crippen LogP contribution in [0.1, 0.15) is 46.1 Å². The van der Waals surface area contributed by atoms with Crippen LogP contribution in [0.15, 0.2) is 60.7 Å². The van der Waals surface area contributed by atoms with E-state index in [0.717, 1.165) is 23.4 Å². The summed E-state index contributed by atoms with van der Waals surface area (Å²) in [5.74, 6) is -0.379. The third-order valence-electron chi connectivity index (χ3n) is 4.67. The molecule has 0 bridgehead atoms. The molecule has 0 spiro atoms. The van der Waals surface area contributed by atoms with Crippen LogP contribution in [-0.4, -0.2) is 18.2 Å². The summed E-state index contributed by atoms with van der Waals surface area (Å²) in [5.41, 5.74) is 3.91. The first kappa shape index (κ1) is 22.0. The van der Waals surface area contributed by atoms with E-state index in [0.29, 0.717) is 15.7 Å². The van der Waals surface area contributed by atoms with Gasteiger partial charge in [-0.2, -0.15) is 0 Å². The van der Waals surface area contributed by atoms with E-state index in [4.69, 9.17) is 17.0 Å². The van der Waals surface area contributed by atoms with Crippen molar-refractivity contribution < 1.29 is 9.53 Å². The molecule has 3 aromatic rings.